The molecule has 6 rings (SSSR count). The van der Waals surface area contributed by atoms with Crippen molar-refractivity contribution in [3.8, 4) is 22.6 Å². The minimum Gasteiger partial charge on any atom is -0.371 e. The first-order chi connectivity index (χ1) is 14.4. The van der Waals surface area contributed by atoms with Gasteiger partial charge in [-0.3, -0.25) is 15.2 Å². The first-order valence-electron chi connectivity index (χ1n) is 10.1. The van der Waals surface area contributed by atoms with E-state index in [9.17, 15) is 0 Å². The fourth-order valence-corrected chi connectivity index (χ4v) is 4.35. The van der Waals surface area contributed by atoms with Crippen molar-refractivity contribution in [3.63, 3.8) is 0 Å². The average molecular weight is 383 g/mol. The van der Waals surface area contributed by atoms with Crippen LogP contribution in [-0.4, -0.2) is 43.5 Å². The van der Waals surface area contributed by atoms with Gasteiger partial charge in [-0.05, 0) is 43.5 Å². The molecule has 5 heterocycles. The molecule has 4 aromatic heterocycles. The first kappa shape index (κ1) is 16.4. The fourth-order valence-electron chi connectivity index (χ4n) is 4.35. The van der Waals surface area contributed by atoms with E-state index in [-0.39, 0.29) is 0 Å². The molecule has 0 amide bonds. The lowest BCUT2D eigenvalue weighted by molar-refractivity contribution is 0.579. The molecule has 144 valence electrons. The third-order valence-corrected chi connectivity index (χ3v) is 5.83. The molecule has 29 heavy (non-hydrogen) atoms. The van der Waals surface area contributed by atoms with E-state index in [1.807, 2.05) is 12.4 Å². The van der Waals surface area contributed by atoms with Crippen LogP contribution in [0.15, 0.2) is 48.9 Å². The summed E-state index contributed by atoms with van der Waals surface area (Å²) in [7, 11) is 0. The van der Waals surface area contributed by atoms with E-state index in [0.29, 0.717) is 0 Å². The summed E-state index contributed by atoms with van der Waals surface area (Å²) in [5.74, 6) is 0. The summed E-state index contributed by atoms with van der Waals surface area (Å²) in [6, 6.07) is 10.8. The number of pyridine rings is 1. The van der Waals surface area contributed by atoms with Gasteiger partial charge in [-0.25, -0.2) is 0 Å². The van der Waals surface area contributed by atoms with Crippen LogP contribution in [0.5, 0.6) is 0 Å². The van der Waals surface area contributed by atoms with Crippen molar-refractivity contribution in [2.75, 3.05) is 18.0 Å². The normalized spacial score (nSPS) is 14.8. The Balaban J connectivity index is 1.48. The number of hydrogen-bond donors (Lipinski definition) is 3. The van der Waals surface area contributed by atoms with Gasteiger partial charge in [0.15, 0.2) is 0 Å². The highest BCUT2D eigenvalue weighted by atomic mass is 15.1. The molecule has 1 saturated heterocycles. The van der Waals surface area contributed by atoms with E-state index >= 15 is 0 Å². The van der Waals surface area contributed by atoms with E-state index < -0.39 is 0 Å². The number of H-pyrrole nitrogens is 3. The zero-order chi connectivity index (χ0) is 19.2. The number of benzene rings is 1. The zero-order valence-corrected chi connectivity index (χ0v) is 15.9. The minimum atomic E-state index is 0.874. The smallest absolute Gasteiger partial charge is 0.116 e. The van der Waals surface area contributed by atoms with Gasteiger partial charge in [0, 0.05) is 46.8 Å². The van der Waals surface area contributed by atoms with Crippen molar-refractivity contribution >= 4 is 27.5 Å². The second kappa shape index (κ2) is 6.48. The molecule has 0 radical (unpaired) electrons. The number of aromatic amines is 3. The van der Waals surface area contributed by atoms with Crippen LogP contribution in [0.3, 0.4) is 0 Å². The van der Waals surface area contributed by atoms with Gasteiger partial charge in [0.2, 0.25) is 0 Å². The summed E-state index contributed by atoms with van der Waals surface area (Å²) < 4.78 is 0. The number of piperidine rings is 1. The van der Waals surface area contributed by atoms with Crippen molar-refractivity contribution < 1.29 is 0 Å². The van der Waals surface area contributed by atoms with E-state index in [0.717, 1.165) is 52.2 Å². The van der Waals surface area contributed by atoms with Crippen molar-refractivity contribution in [1.82, 2.24) is 30.4 Å². The maximum absolute atomic E-state index is 4.59. The number of aromatic nitrogens is 6. The monoisotopic (exact) mass is 383 g/mol. The van der Waals surface area contributed by atoms with Crippen molar-refractivity contribution in [2.24, 2.45) is 0 Å². The van der Waals surface area contributed by atoms with Crippen LogP contribution < -0.4 is 4.90 Å². The maximum atomic E-state index is 4.59. The maximum Gasteiger partial charge on any atom is 0.116 e. The lowest BCUT2D eigenvalue weighted by atomic mass is 10.1. The molecule has 0 bridgehead atoms. The lowest BCUT2D eigenvalue weighted by Gasteiger charge is -2.29. The molecule has 0 spiro atoms. The van der Waals surface area contributed by atoms with Crippen LogP contribution in [0.4, 0.5) is 5.69 Å². The van der Waals surface area contributed by atoms with Crippen LogP contribution in [-0.2, 0) is 0 Å². The number of fused-ring (bicyclic) bond motifs is 2. The van der Waals surface area contributed by atoms with Crippen molar-refractivity contribution in [3.05, 3.63) is 48.9 Å². The van der Waals surface area contributed by atoms with Gasteiger partial charge in [-0.1, -0.05) is 6.07 Å². The van der Waals surface area contributed by atoms with Crippen LogP contribution in [0.2, 0.25) is 0 Å². The van der Waals surface area contributed by atoms with Crippen LogP contribution >= 0.6 is 0 Å². The molecule has 3 N–H and O–H groups in total. The molecule has 1 aromatic carbocycles. The van der Waals surface area contributed by atoms with E-state index in [1.54, 1.807) is 6.20 Å². The standard InChI is InChI=1S/C22H21N7/c1-2-7-29(8-3-1)21-6-4-5-17-15(21)9-19(26-17)22-16-10-18(14-11-24-25-12-14)23-13-20(16)27-28-22/h4-6,9-13,26H,1-3,7-8H2,(H,24,25)(H,27,28). The second-order valence-electron chi connectivity index (χ2n) is 7.64. The minimum absolute atomic E-state index is 0.874. The predicted molar refractivity (Wildman–Crippen MR) is 115 cm³/mol. The highest BCUT2D eigenvalue weighted by Gasteiger charge is 2.17. The Morgan fingerprint density at radius 2 is 1.86 bits per heavy atom. The molecule has 1 aliphatic rings. The highest BCUT2D eigenvalue weighted by Crippen LogP contribution is 2.35. The Hall–Kier alpha value is -3.61. The van der Waals surface area contributed by atoms with E-state index in [4.69, 9.17) is 0 Å². The van der Waals surface area contributed by atoms with Gasteiger partial charge in [0.25, 0.3) is 0 Å². The van der Waals surface area contributed by atoms with Crippen molar-refractivity contribution in [1.29, 1.82) is 0 Å². The number of nitrogens with one attached hydrogen (secondary N) is 3. The SMILES string of the molecule is c1cc(N2CCCCC2)c2cc(-c3n[nH]c4cnc(-c5cn[nH]c5)cc34)[nH]c2c1. The average Bonchev–Trinajstić information content (AvgIpc) is 3.52. The van der Waals surface area contributed by atoms with Gasteiger partial charge >= 0.3 is 0 Å². The Labute approximate surface area is 167 Å². The summed E-state index contributed by atoms with van der Waals surface area (Å²) in [6.45, 7) is 2.26. The summed E-state index contributed by atoms with van der Waals surface area (Å²) in [5.41, 5.74) is 7.13. The van der Waals surface area contributed by atoms with Crippen LogP contribution in [0.25, 0.3) is 44.5 Å². The summed E-state index contributed by atoms with van der Waals surface area (Å²) in [4.78, 5) is 10.6. The van der Waals surface area contributed by atoms with Gasteiger partial charge < -0.3 is 9.88 Å². The van der Waals surface area contributed by atoms with Gasteiger partial charge in [-0.2, -0.15) is 10.2 Å². The molecule has 7 nitrogen and oxygen atoms in total. The largest absolute Gasteiger partial charge is 0.371 e. The second-order valence-corrected chi connectivity index (χ2v) is 7.64. The first-order valence-corrected chi connectivity index (χ1v) is 10.1. The fraction of sp³-hybridized carbons (Fsp3) is 0.227. The quantitative estimate of drug-likeness (QED) is 0.428. The Kier molecular flexibility index (Phi) is 3.65. The van der Waals surface area contributed by atoms with Crippen molar-refractivity contribution in [2.45, 2.75) is 19.3 Å². The van der Waals surface area contributed by atoms with Gasteiger partial charge in [0.1, 0.15) is 5.69 Å². The number of rotatable bonds is 3. The Morgan fingerprint density at radius 1 is 0.931 bits per heavy atom. The molecule has 0 saturated carbocycles. The Bertz CT molecular complexity index is 1290. The topological polar surface area (TPSA) is 89.3 Å². The predicted octanol–water partition coefficient (Wildman–Crippen LogP) is 4.49. The lowest BCUT2D eigenvalue weighted by Crippen LogP contribution is -2.29. The molecule has 0 atom stereocenters. The molecular weight excluding hydrogens is 362 g/mol. The summed E-state index contributed by atoms with van der Waals surface area (Å²) in [5, 5.41) is 16.9. The van der Waals surface area contributed by atoms with Gasteiger partial charge in [0.05, 0.1) is 29.3 Å². The Morgan fingerprint density at radius 3 is 2.72 bits per heavy atom. The molecular formula is C22H21N7. The molecule has 5 aromatic rings. The van der Waals surface area contributed by atoms with E-state index in [1.165, 1.54) is 30.3 Å². The number of nitrogens with zero attached hydrogens (tertiary/aromatic N) is 4. The zero-order valence-electron chi connectivity index (χ0n) is 15.9. The third kappa shape index (κ3) is 2.69. The molecule has 1 fully saturated rings. The summed E-state index contributed by atoms with van der Waals surface area (Å²) >= 11 is 0. The molecule has 1 aliphatic heterocycles. The third-order valence-electron chi connectivity index (χ3n) is 5.83. The molecule has 0 unspecified atom stereocenters. The van der Waals surface area contributed by atoms with Crippen LogP contribution in [0.1, 0.15) is 19.3 Å². The van der Waals surface area contributed by atoms with Gasteiger partial charge in [-0.15, -0.1) is 0 Å². The van der Waals surface area contributed by atoms with Crippen LogP contribution in [0, 0.1) is 0 Å². The number of anilines is 1. The summed E-state index contributed by atoms with van der Waals surface area (Å²) in [6.07, 6.45) is 9.32. The molecule has 7 heteroatoms. The van der Waals surface area contributed by atoms with E-state index in [2.05, 4.69) is 65.6 Å². The number of hydrogen-bond acceptors (Lipinski definition) is 4. The molecule has 0 aliphatic carbocycles. The highest BCUT2D eigenvalue weighted by molar-refractivity contribution is 6.00.